The maximum absolute atomic E-state index is 11.2. The molecular formula is C32H57NO5SSi. The van der Waals surface area contributed by atoms with E-state index < -0.39 is 20.5 Å². The predicted molar refractivity (Wildman–Crippen MR) is 173 cm³/mol. The van der Waals surface area contributed by atoms with Gasteiger partial charge in [0, 0.05) is 25.9 Å². The number of carbonyl (C=O) groups is 1. The Morgan fingerprint density at radius 1 is 1.05 bits per heavy atom. The van der Waals surface area contributed by atoms with E-state index in [1.165, 1.54) is 13.5 Å². The average Bonchev–Trinajstić information content (AvgIpc) is 3.44. The van der Waals surface area contributed by atoms with Crippen molar-refractivity contribution in [3.05, 3.63) is 36.5 Å². The third kappa shape index (κ3) is 14.9. The molecule has 6 nitrogen and oxygen atoms in total. The second-order valence-electron chi connectivity index (χ2n) is 12.3. The number of carbonyl (C=O) groups excluding carboxylic acids is 1. The Bertz CT molecular complexity index is 815. The number of nitrogens with zero attached hydrogens (tertiary/aromatic N) is 1. The molecule has 0 bridgehead atoms. The molecule has 3 atom stereocenters. The van der Waals surface area contributed by atoms with Gasteiger partial charge in [-0.2, -0.15) is 0 Å². The molecule has 0 spiro atoms. The monoisotopic (exact) mass is 595 g/mol. The summed E-state index contributed by atoms with van der Waals surface area (Å²) in [6, 6.07) is 0. The summed E-state index contributed by atoms with van der Waals surface area (Å²) in [7, 11) is -0.537. The van der Waals surface area contributed by atoms with Crippen molar-refractivity contribution in [1.82, 2.24) is 4.90 Å². The third-order valence-electron chi connectivity index (χ3n) is 7.82. The average molecular weight is 596 g/mol. The molecule has 230 valence electrons. The Balaban J connectivity index is 2.84. The zero-order valence-corrected chi connectivity index (χ0v) is 28.1. The van der Waals surface area contributed by atoms with Gasteiger partial charge in [0.1, 0.15) is 12.2 Å². The van der Waals surface area contributed by atoms with Crippen LogP contribution < -0.4 is 0 Å². The quantitative estimate of drug-likeness (QED) is 0.0568. The number of unbranched alkanes of at least 4 members (excludes halogenated alkanes) is 3. The number of rotatable bonds is 18. The van der Waals surface area contributed by atoms with E-state index in [1.54, 1.807) is 0 Å². The van der Waals surface area contributed by atoms with E-state index in [0.717, 1.165) is 64.5 Å². The largest absolute Gasteiger partial charge is 0.469 e. The highest BCUT2D eigenvalue weighted by molar-refractivity contribution is 7.80. The first-order valence-corrected chi connectivity index (χ1v) is 18.6. The molecular weight excluding hydrogens is 539 g/mol. The van der Waals surface area contributed by atoms with Crippen molar-refractivity contribution in [2.45, 2.75) is 135 Å². The first-order chi connectivity index (χ1) is 18.9. The molecule has 1 aliphatic heterocycles. The van der Waals surface area contributed by atoms with E-state index in [2.05, 4.69) is 80.8 Å². The lowest BCUT2D eigenvalue weighted by Crippen LogP contribution is -2.43. The summed E-state index contributed by atoms with van der Waals surface area (Å²) in [5.74, 6) is -0.169. The lowest BCUT2D eigenvalue weighted by atomic mass is 10.1. The standard InChI is InChI=1S/C32H57NO5SSi/c1-8-9-15-20-27(38-40(6,7)32(2,3)4)23-24-28(34)29(37-31(39)33-25-18-19-26-33)21-16-13-11-10-12-14-17-22-30(35)36-5/h10,12-13,16,23-24,27-29,34H,8-9,11,14-15,17-22,25-26H2,1-7H3/b12-10-,16-13-,24-23+/t27-,28-,29+/m0/s1. The van der Waals surface area contributed by atoms with Crippen LogP contribution in [0.3, 0.4) is 0 Å². The normalized spacial score (nSPS) is 17.1. The van der Waals surface area contributed by atoms with E-state index in [4.69, 9.17) is 21.4 Å². The highest BCUT2D eigenvalue weighted by Gasteiger charge is 2.38. The van der Waals surface area contributed by atoms with Gasteiger partial charge in [0.05, 0.1) is 13.2 Å². The number of hydrogen-bond donors (Lipinski definition) is 1. The van der Waals surface area contributed by atoms with Crippen molar-refractivity contribution in [2.75, 3.05) is 20.2 Å². The summed E-state index contributed by atoms with van der Waals surface area (Å²) in [6.07, 6.45) is 21.0. The van der Waals surface area contributed by atoms with E-state index in [9.17, 15) is 9.90 Å². The number of methoxy groups -OCH3 is 1. The summed E-state index contributed by atoms with van der Waals surface area (Å²) in [5.41, 5.74) is 0. The Kier molecular flexibility index (Phi) is 17.9. The maximum Gasteiger partial charge on any atom is 0.305 e. The van der Waals surface area contributed by atoms with Crippen LogP contribution in [-0.2, 0) is 18.7 Å². The minimum Gasteiger partial charge on any atom is -0.469 e. The molecule has 0 aromatic rings. The predicted octanol–water partition coefficient (Wildman–Crippen LogP) is 7.88. The molecule has 0 aliphatic carbocycles. The molecule has 40 heavy (non-hydrogen) atoms. The van der Waals surface area contributed by atoms with E-state index in [1.807, 2.05) is 6.08 Å². The van der Waals surface area contributed by atoms with Crippen molar-refractivity contribution in [3.8, 4) is 0 Å². The lowest BCUT2D eigenvalue weighted by Gasteiger charge is -2.38. The number of esters is 1. The van der Waals surface area contributed by atoms with Crippen molar-refractivity contribution in [1.29, 1.82) is 0 Å². The van der Waals surface area contributed by atoms with Crippen molar-refractivity contribution in [2.24, 2.45) is 0 Å². The van der Waals surface area contributed by atoms with Crippen molar-refractivity contribution < 1.29 is 23.8 Å². The third-order valence-corrected chi connectivity index (χ3v) is 12.7. The fraction of sp³-hybridized carbons (Fsp3) is 0.750. The minimum atomic E-state index is -1.95. The number of allylic oxidation sites excluding steroid dienone is 3. The topological polar surface area (TPSA) is 68.2 Å². The molecule has 1 saturated heterocycles. The fourth-order valence-electron chi connectivity index (χ4n) is 4.15. The van der Waals surface area contributed by atoms with Crippen LogP contribution in [-0.4, -0.2) is 68.0 Å². The number of likely N-dealkylation sites (tertiary alicyclic amines) is 1. The highest BCUT2D eigenvalue weighted by atomic mass is 32.1. The molecule has 0 radical (unpaired) electrons. The SMILES string of the molecule is CCCCC[C@@H](/C=C/[C@H](O)[C@@H](C/C=C\C/C=C\CCCC(=O)OC)OC(=S)N1CCCC1)O[Si](C)(C)C(C)(C)C. The maximum atomic E-state index is 11.2. The first-order valence-electron chi connectivity index (χ1n) is 15.3. The molecule has 8 heteroatoms. The Morgan fingerprint density at radius 2 is 1.73 bits per heavy atom. The Morgan fingerprint density at radius 3 is 2.35 bits per heavy atom. The fourth-order valence-corrected chi connectivity index (χ4v) is 5.77. The Hall–Kier alpha value is -1.48. The van der Waals surface area contributed by atoms with Gasteiger partial charge < -0.3 is 23.9 Å². The number of thiocarbonyl (C=S) groups is 1. The molecule has 0 aromatic carbocycles. The smallest absolute Gasteiger partial charge is 0.305 e. The van der Waals surface area contributed by atoms with E-state index in [-0.39, 0.29) is 17.1 Å². The van der Waals surface area contributed by atoms with Gasteiger partial charge in [-0.15, -0.1) is 0 Å². The molecule has 1 N–H and O–H groups in total. The molecule has 1 fully saturated rings. The van der Waals surface area contributed by atoms with Gasteiger partial charge >= 0.3 is 5.97 Å². The van der Waals surface area contributed by atoms with Crippen LogP contribution in [0.4, 0.5) is 0 Å². The first kappa shape index (κ1) is 36.5. The van der Waals surface area contributed by atoms with Gasteiger partial charge in [0.2, 0.25) is 0 Å². The number of aliphatic hydroxyl groups excluding tert-OH is 1. The van der Waals surface area contributed by atoms with Gasteiger partial charge in [0.25, 0.3) is 5.17 Å². The van der Waals surface area contributed by atoms with Gasteiger partial charge in [-0.3, -0.25) is 4.79 Å². The van der Waals surface area contributed by atoms with Crippen LogP contribution in [0, 0.1) is 0 Å². The minimum absolute atomic E-state index is 0.0202. The van der Waals surface area contributed by atoms with Crippen LogP contribution >= 0.6 is 12.2 Å². The second kappa shape index (κ2) is 19.6. The van der Waals surface area contributed by atoms with Crippen LogP contribution in [0.25, 0.3) is 0 Å². The van der Waals surface area contributed by atoms with E-state index >= 15 is 0 Å². The van der Waals surface area contributed by atoms with Crippen LogP contribution in [0.15, 0.2) is 36.5 Å². The van der Waals surface area contributed by atoms with Crippen LogP contribution in [0.5, 0.6) is 0 Å². The number of aliphatic hydroxyl groups is 1. The summed E-state index contributed by atoms with van der Waals surface area (Å²) >= 11 is 5.60. The molecule has 0 aromatic heterocycles. The second-order valence-corrected chi connectivity index (χ2v) is 17.4. The molecule has 0 unspecified atom stereocenters. The number of ether oxygens (including phenoxy) is 2. The molecule has 1 rings (SSSR count). The summed E-state index contributed by atoms with van der Waals surface area (Å²) in [4.78, 5) is 13.3. The van der Waals surface area contributed by atoms with Gasteiger partial charge in [0.15, 0.2) is 8.32 Å². The van der Waals surface area contributed by atoms with Crippen molar-refractivity contribution >= 4 is 31.7 Å². The van der Waals surface area contributed by atoms with Gasteiger partial charge in [-0.25, -0.2) is 0 Å². The zero-order chi connectivity index (χ0) is 30.0. The van der Waals surface area contributed by atoms with Gasteiger partial charge in [-0.1, -0.05) is 83.4 Å². The molecule has 1 heterocycles. The number of hydrogen-bond acceptors (Lipinski definition) is 6. The Labute approximate surface area is 251 Å². The molecule has 1 aliphatic rings. The summed E-state index contributed by atoms with van der Waals surface area (Å²) in [5, 5.41) is 11.8. The lowest BCUT2D eigenvalue weighted by molar-refractivity contribution is -0.140. The van der Waals surface area contributed by atoms with Crippen molar-refractivity contribution in [3.63, 3.8) is 0 Å². The van der Waals surface area contributed by atoms with Crippen LogP contribution in [0.2, 0.25) is 18.1 Å². The summed E-state index contributed by atoms with van der Waals surface area (Å²) in [6.45, 7) is 15.4. The van der Waals surface area contributed by atoms with Gasteiger partial charge in [-0.05, 0) is 68.9 Å². The summed E-state index contributed by atoms with van der Waals surface area (Å²) < 4.78 is 17.6. The zero-order valence-electron chi connectivity index (χ0n) is 26.3. The molecule has 0 saturated carbocycles. The molecule has 0 amide bonds. The highest BCUT2D eigenvalue weighted by Crippen LogP contribution is 2.38. The van der Waals surface area contributed by atoms with Crippen LogP contribution in [0.1, 0.15) is 98.3 Å². The van der Waals surface area contributed by atoms with E-state index in [0.29, 0.717) is 18.0 Å².